The molecule has 0 aliphatic carbocycles. The van der Waals surface area contributed by atoms with Crippen molar-refractivity contribution in [1.29, 1.82) is 0 Å². The van der Waals surface area contributed by atoms with Crippen LogP contribution in [0.2, 0.25) is 0 Å². The van der Waals surface area contributed by atoms with Crippen molar-refractivity contribution in [2.45, 2.75) is 13.8 Å². The molecule has 2 aromatic carbocycles. The highest BCUT2D eigenvalue weighted by molar-refractivity contribution is 7.92. The van der Waals surface area contributed by atoms with E-state index in [2.05, 4.69) is 10.5 Å². The van der Waals surface area contributed by atoms with E-state index in [1.54, 1.807) is 31.2 Å². The first kappa shape index (κ1) is 21.2. The molecule has 0 saturated carbocycles. The van der Waals surface area contributed by atoms with Crippen LogP contribution < -0.4 is 14.5 Å². The van der Waals surface area contributed by atoms with Crippen LogP contribution in [0.15, 0.2) is 41.5 Å². The number of hydrogen-bond donors (Lipinski definition) is 2. The predicted molar refractivity (Wildman–Crippen MR) is 109 cm³/mol. The fraction of sp³-hybridized carbons (Fsp3) is 0.263. The highest BCUT2D eigenvalue weighted by Gasteiger charge is 2.22. The van der Waals surface area contributed by atoms with Crippen molar-refractivity contribution in [2.75, 3.05) is 24.2 Å². The third-order valence-electron chi connectivity index (χ3n) is 3.92. The van der Waals surface area contributed by atoms with Gasteiger partial charge >= 0.3 is 0 Å². The molecule has 2 rings (SSSR count). The Morgan fingerprint density at radius 3 is 2.57 bits per heavy atom. The van der Waals surface area contributed by atoms with Crippen LogP contribution in [0, 0.1) is 13.8 Å². The number of aryl methyl sites for hydroxylation is 2. The Morgan fingerprint density at radius 2 is 1.96 bits per heavy atom. The lowest BCUT2D eigenvalue weighted by molar-refractivity contribution is -0.119. The number of hydrogen-bond acceptors (Lipinski definition) is 6. The number of amides is 1. The van der Waals surface area contributed by atoms with Crippen LogP contribution in [0.3, 0.4) is 0 Å². The average Bonchev–Trinajstić information content (AvgIpc) is 2.61. The second-order valence-corrected chi connectivity index (χ2v) is 8.19. The largest absolute Gasteiger partial charge is 0.504 e. The van der Waals surface area contributed by atoms with Crippen LogP contribution in [0.5, 0.6) is 11.5 Å². The predicted octanol–water partition coefficient (Wildman–Crippen LogP) is 1.93. The zero-order chi connectivity index (χ0) is 20.9. The lowest BCUT2D eigenvalue weighted by atomic mass is 10.1. The third kappa shape index (κ3) is 5.46. The molecule has 0 unspecified atom stereocenters. The van der Waals surface area contributed by atoms with Crippen molar-refractivity contribution in [3.63, 3.8) is 0 Å². The molecule has 0 bridgehead atoms. The summed E-state index contributed by atoms with van der Waals surface area (Å²) in [6, 6.07) is 9.88. The van der Waals surface area contributed by atoms with Gasteiger partial charge in [0.2, 0.25) is 10.0 Å². The number of ether oxygens (including phenoxy) is 1. The number of carbonyl (C=O) groups is 1. The molecule has 0 aromatic heterocycles. The van der Waals surface area contributed by atoms with Gasteiger partial charge in [-0.25, -0.2) is 13.8 Å². The van der Waals surface area contributed by atoms with Gasteiger partial charge in [0, 0.05) is 0 Å². The fourth-order valence-electron chi connectivity index (χ4n) is 2.59. The number of sulfonamides is 1. The van der Waals surface area contributed by atoms with E-state index in [0.717, 1.165) is 21.7 Å². The van der Waals surface area contributed by atoms with Gasteiger partial charge in [0.25, 0.3) is 5.91 Å². The number of phenols is 1. The average molecular weight is 405 g/mol. The number of methoxy groups -OCH3 is 1. The Labute approximate surface area is 164 Å². The lowest BCUT2D eigenvalue weighted by Gasteiger charge is -2.23. The molecule has 0 heterocycles. The summed E-state index contributed by atoms with van der Waals surface area (Å²) in [5, 5.41) is 13.4. The van der Waals surface area contributed by atoms with E-state index in [0.29, 0.717) is 11.3 Å². The van der Waals surface area contributed by atoms with E-state index >= 15 is 0 Å². The number of nitrogens with zero attached hydrogens (tertiary/aromatic N) is 2. The first-order valence-corrected chi connectivity index (χ1v) is 10.2. The summed E-state index contributed by atoms with van der Waals surface area (Å²) < 4.78 is 30.4. The molecule has 0 fully saturated rings. The van der Waals surface area contributed by atoms with Gasteiger partial charge in [-0.3, -0.25) is 9.10 Å². The number of phenolic OH excluding ortho intramolecular Hbond substituents is 1. The second-order valence-electron chi connectivity index (χ2n) is 6.28. The molecule has 0 spiro atoms. The number of nitrogens with one attached hydrogen (secondary N) is 1. The topological polar surface area (TPSA) is 108 Å². The number of carbonyl (C=O) groups excluding carboxylic acids is 1. The Bertz CT molecular complexity index is 1000. The smallest absolute Gasteiger partial charge is 0.260 e. The van der Waals surface area contributed by atoms with Crippen LogP contribution in [0.1, 0.15) is 16.7 Å². The Morgan fingerprint density at radius 1 is 1.25 bits per heavy atom. The highest BCUT2D eigenvalue weighted by atomic mass is 32.2. The van der Waals surface area contributed by atoms with Crippen LogP contribution in [0.25, 0.3) is 0 Å². The molecule has 0 radical (unpaired) electrons. The van der Waals surface area contributed by atoms with E-state index in [9.17, 15) is 18.3 Å². The highest BCUT2D eigenvalue weighted by Crippen LogP contribution is 2.25. The van der Waals surface area contributed by atoms with Crippen LogP contribution >= 0.6 is 0 Å². The molecule has 1 amide bonds. The van der Waals surface area contributed by atoms with Crippen molar-refractivity contribution in [3.8, 4) is 11.5 Å². The van der Waals surface area contributed by atoms with Gasteiger partial charge in [0.05, 0.1) is 25.3 Å². The maximum Gasteiger partial charge on any atom is 0.260 e. The summed E-state index contributed by atoms with van der Waals surface area (Å²) in [5.74, 6) is -0.332. The van der Waals surface area contributed by atoms with Gasteiger partial charge in [-0.1, -0.05) is 17.7 Å². The Hall–Kier alpha value is -3.07. The minimum atomic E-state index is -3.66. The van der Waals surface area contributed by atoms with Gasteiger partial charge < -0.3 is 9.84 Å². The van der Waals surface area contributed by atoms with Crippen molar-refractivity contribution in [3.05, 3.63) is 53.1 Å². The number of hydrazone groups is 1. The zero-order valence-electron chi connectivity index (χ0n) is 16.1. The van der Waals surface area contributed by atoms with E-state index in [1.807, 2.05) is 13.0 Å². The minimum Gasteiger partial charge on any atom is -0.504 e. The first-order chi connectivity index (χ1) is 13.1. The van der Waals surface area contributed by atoms with Gasteiger partial charge in [0.1, 0.15) is 6.54 Å². The SMILES string of the molecule is COc1cc(/C=N\NC(=O)CN(c2ccc(C)cc2C)S(C)(=O)=O)ccc1O. The van der Waals surface area contributed by atoms with Crippen LogP contribution in [-0.2, 0) is 14.8 Å². The van der Waals surface area contributed by atoms with Crippen LogP contribution in [-0.4, -0.2) is 45.6 Å². The van der Waals surface area contributed by atoms with Gasteiger partial charge in [-0.15, -0.1) is 0 Å². The molecule has 9 heteroatoms. The molecule has 0 atom stereocenters. The van der Waals surface area contributed by atoms with Crippen molar-refractivity contribution in [2.24, 2.45) is 5.10 Å². The van der Waals surface area contributed by atoms with Gasteiger partial charge in [-0.2, -0.15) is 5.10 Å². The summed E-state index contributed by atoms with van der Waals surface area (Å²) in [6.07, 6.45) is 2.41. The molecule has 8 nitrogen and oxygen atoms in total. The molecular weight excluding hydrogens is 382 g/mol. The Kier molecular flexibility index (Phi) is 6.63. The molecule has 2 N–H and O–H groups in total. The fourth-order valence-corrected chi connectivity index (χ4v) is 3.50. The molecule has 0 aliphatic heterocycles. The number of rotatable bonds is 7. The third-order valence-corrected chi connectivity index (χ3v) is 5.04. The normalized spacial score (nSPS) is 11.4. The van der Waals surface area contributed by atoms with E-state index in [4.69, 9.17) is 4.74 Å². The van der Waals surface area contributed by atoms with E-state index in [-0.39, 0.29) is 11.5 Å². The summed E-state index contributed by atoms with van der Waals surface area (Å²) >= 11 is 0. The van der Waals surface area contributed by atoms with Crippen LogP contribution in [0.4, 0.5) is 5.69 Å². The maximum atomic E-state index is 12.2. The van der Waals surface area contributed by atoms with Crippen molar-refractivity contribution < 1.29 is 23.1 Å². The lowest BCUT2D eigenvalue weighted by Crippen LogP contribution is -2.39. The minimum absolute atomic E-state index is 0.0130. The summed E-state index contributed by atoms with van der Waals surface area (Å²) in [4.78, 5) is 12.2. The second kappa shape index (κ2) is 8.75. The quantitative estimate of drug-likeness (QED) is 0.541. The number of anilines is 1. The molecular formula is C19H23N3O5S. The molecule has 0 saturated heterocycles. The monoisotopic (exact) mass is 405 g/mol. The van der Waals surface area contributed by atoms with Gasteiger partial charge in [-0.05, 0) is 49.2 Å². The van der Waals surface area contributed by atoms with Crippen molar-refractivity contribution >= 4 is 27.8 Å². The zero-order valence-corrected chi connectivity index (χ0v) is 16.9. The number of benzene rings is 2. The molecule has 150 valence electrons. The summed E-state index contributed by atoms with van der Waals surface area (Å²) in [6.45, 7) is 3.29. The molecule has 28 heavy (non-hydrogen) atoms. The number of aromatic hydroxyl groups is 1. The standard InChI is InChI=1S/C19H23N3O5S/c1-13-5-7-16(14(2)9-13)22(28(4,25)26)12-19(24)21-20-11-15-6-8-17(23)18(10-15)27-3/h5-11,23H,12H2,1-4H3,(H,21,24)/b20-11-. The van der Waals surface area contributed by atoms with E-state index < -0.39 is 22.5 Å². The summed E-state index contributed by atoms with van der Waals surface area (Å²) in [5.41, 5.74) is 5.08. The first-order valence-electron chi connectivity index (χ1n) is 8.35. The summed E-state index contributed by atoms with van der Waals surface area (Å²) in [7, 11) is -2.24. The van der Waals surface area contributed by atoms with E-state index in [1.165, 1.54) is 19.4 Å². The van der Waals surface area contributed by atoms with Crippen molar-refractivity contribution in [1.82, 2.24) is 5.43 Å². The molecule has 2 aromatic rings. The molecule has 0 aliphatic rings. The Balaban J connectivity index is 2.12. The van der Waals surface area contributed by atoms with Gasteiger partial charge in [0.15, 0.2) is 11.5 Å². The maximum absolute atomic E-state index is 12.2.